The maximum absolute atomic E-state index is 12.9. The number of aromatic nitrogens is 2. The van der Waals surface area contributed by atoms with Crippen molar-refractivity contribution in [1.29, 1.82) is 0 Å². The molecule has 138 valence electrons. The summed E-state index contributed by atoms with van der Waals surface area (Å²) in [6.45, 7) is 2.12. The summed E-state index contributed by atoms with van der Waals surface area (Å²) in [6, 6.07) is 4.26. The lowest BCUT2D eigenvalue weighted by molar-refractivity contribution is -0.135. The molecule has 1 aromatic heterocycles. The van der Waals surface area contributed by atoms with Crippen molar-refractivity contribution in [3.63, 3.8) is 0 Å². The van der Waals surface area contributed by atoms with Gasteiger partial charge in [-0.15, -0.1) is 0 Å². The molecule has 2 N–H and O–H groups in total. The first-order valence-electron chi connectivity index (χ1n) is 8.95. The summed E-state index contributed by atoms with van der Waals surface area (Å²) < 4.78 is 8.91. The van der Waals surface area contributed by atoms with Crippen LogP contribution in [0.25, 0.3) is 11.0 Å². The van der Waals surface area contributed by atoms with Crippen LogP contribution in [-0.4, -0.2) is 46.6 Å². The number of ketones is 1. The van der Waals surface area contributed by atoms with E-state index in [-0.39, 0.29) is 18.3 Å². The molecule has 0 bridgehead atoms. The number of imidazole rings is 1. The SMILES string of the molecule is Cn1c(=O)n(C2C(=O)CCNC2=O)c2cccc(OC3CCNCC3)c21. The van der Waals surface area contributed by atoms with Crippen LogP contribution < -0.4 is 21.1 Å². The highest BCUT2D eigenvalue weighted by Gasteiger charge is 2.35. The number of benzene rings is 1. The molecule has 1 amide bonds. The minimum atomic E-state index is -1.12. The van der Waals surface area contributed by atoms with Crippen LogP contribution in [0.4, 0.5) is 0 Å². The van der Waals surface area contributed by atoms with Crippen LogP contribution in [0.15, 0.2) is 23.0 Å². The van der Waals surface area contributed by atoms with Crippen molar-refractivity contribution in [2.24, 2.45) is 7.05 Å². The zero-order valence-electron chi connectivity index (χ0n) is 14.7. The van der Waals surface area contributed by atoms with E-state index >= 15 is 0 Å². The third-order valence-electron chi connectivity index (χ3n) is 5.13. The van der Waals surface area contributed by atoms with Crippen molar-refractivity contribution in [2.45, 2.75) is 31.4 Å². The van der Waals surface area contributed by atoms with Gasteiger partial charge in [-0.2, -0.15) is 0 Å². The van der Waals surface area contributed by atoms with Gasteiger partial charge in [0.1, 0.15) is 17.4 Å². The van der Waals surface area contributed by atoms with E-state index in [9.17, 15) is 14.4 Å². The Bertz CT molecular complexity index is 907. The highest BCUT2D eigenvalue weighted by atomic mass is 16.5. The Kier molecular flexibility index (Phi) is 4.28. The number of ether oxygens (including phenoxy) is 1. The van der Waals surface area contributed by atoms with Gasteiger partial charge in [0, 0.05) is 20.0 Å². The topological polar surface area (TPSA) is 94.4 Å². The second-order valence-electron chi connectivity index (χ2n) is 6.81. The largest absolute Gasteiger partial charge is 0.488 e. The van der Waals surface area contributed by atoms with Gasteiger partial charge >= 0.3 is 5.69 Å². The number of carbonyl (C=O) groups excluding carboxylic acids is 2. The lowest BCUT2D eigenvalue weighted by atomic mass is 10.0. The Balaban J connectivity index is 1.82. The average Bonchev–Trinajstić information content (AvgIpc) is 2.89. The average molecular weight is 358 g/mol. The van der Waals surface area contributed by atoms with Crippen molar-refractivity contribution in [3.05, 3.63) is 28.7 Å². The van der Waals surface area contributed by atoms with Crippen LogP contribution in [0.2, 0.25) is 0 Å². The number of Topliss-reactive ketones (excluding diaryl/α,β-unsaturated/α-hetero) is 1. The first-order valence-corrected chi connectivity index (χ1v) is 8.95. The monoisotopic (exact) mass is 358 g/mol. The lowest BCUT2D eigenvalue weighted by Crippen LogP contribution is -2.46. The van der Waals surface area contributed by atoms with Gasteiger partial charge < -0.3 is 15.4 Å². The van der Waals surface area contributed by atoms with E-state index < -0.39 is 17.6 Å². The predicted octanol–water partition coefficient (Wildman–Crippen LogP) is 0.101. The maximum atomic E-state index is 12.9. The molecule has 2 aromatic rings. The Morgan fingerprint density at radius 3 is 2.62 bits per heavy atom. The number of hydrogen-bond acceptors (Lipinski definition) is 5. The molecule has 2 saturated heterocycles. The molecule has 8 heteroatoms. The van der Waals surface area contributed by atoms with Crippen molar-refractivity contribution in [1.82, 2.24) is 19.8 Å². The van der Waals surface area contributed by atoms with Crippen LogP contribution in [0.3, 0.4) is 0 Å². The Labute approximate surface area is 150 Å². The van der Waals surface area contributed by atoms with E-state index in [0.717, 1.165) is 25.9 Å². The van der Waals surface area contributed by atoms with Gasteiger partial charge in [0.15, 0.2) is 11.8 Å². The number of para-hydroxylation sites is 1. The number of carbonyl (C=O) groups is 2. The lowest BCUT2D eigenvalue weighted by Gasteiger charge is -2.24. The van der Waals surface area contributed by atoms with Gasteiger partial charge in [-0.3, -0.25) is 18.7 Å². The van der Waals surface area contributed by atoms with E-state index in [1.807, 2.05) is 6.07 Å². The summed E-state index contributed by atoms with van der Waals surface area (Å²) in [6.07, 6.45) is 2.10. The van der Waals surface area contributed by atoms with Crippen molar-refractivity contribution in [3.8, 4) is 5.75 Å². The summed E-state index contributed by atoms with van der Waals surface area (Å²) in [4.78, 5) is 37.5. The normalized spacial score (nSPS) is 21.8. The van der Waals surface area contributed by atoms with Gasteiger partial charge in [-0.05, 0) is 38.1 Å². The molecule has 2 aliphatic rings. The molecule has 2 aliphatic heterocycles. The zero-order valence-corrected chi connectivity index (χ0v) is 14.7. The number of aryl methyl sites for hydroxylation is 1. The molecule has 1 aromatic carbocycles. The fourth-order valence-corrected chi connectivity index (χ4v) is 3.79. The van der Waals surface area contributed by atoms with Crippen molar-refractivity contribution in [2.75, 3.05) is 19.6 Å². The molecule has 26 heavy (non-hydrogen) atoms. The van der Waals surface area contributed by atoms with Crippen LogP contribution in [-0.2, 0) is 16.6 Å². The first kappa shape index (κ1) is 16.8. The van der Waals surface area contributed by atoms with Gasteiger partial charge in [-0.1, -0.05) is 6.07 Å². The third kappa shape index (κ3) is 2.70. The molecule has 4 rings (SSSR count). The summed E-state index contributed by atoms with van der Waals surface area (Å²) in [5.41, 5.74) is 0.762. The minimum absolute atomic E-state index is 0.0833. The fraction of sp³-hybridized carbons (Fsp3) is 0.500. The smallest absolute Gasteiger partial charge is 0.330 e. The number of piperidine rings is 2. The highest BCUT2D eigenvalue weighted by molar-refractivity contribution is 6.06. The Hall–Kier alpha value is -2.61. The molecule has 2 fully saturated rings. The molecule has 0 saturated carbocycles. The standard InChI is InChI=1S/C18H22N4O4/c1-21-15-12(3-2-4-14(15)26-11-5-8-19-9-6-11)22(18(21)25)16-13(23)7-10-20-17(16)24/h2-4,11,16,19H,5-10H2,1H3,(H,20,24). The van der Waals surface area contributed by atoms with Crippen LogP contribution in [0, 0.1) is 0 Å². The second-order valence-corrected chi connectivity index (χ2v) is 6.81. The second kappa shape index (κ2) is 6.60. The Morgan fingerprint density at radius 1 is 1.12 bits per heavy atom. The minimum Gasteiger partial charge on any atom is -0.488 e. The molecule has 0 radical (unpaired) electrons. The van der Waals surface area contributed by atoms with E-state index in [0.29, 0.717) is 23.3 Å². The van der Waals surface area contributed by atoms with E-state index in [2.05, 4.69) is 10.6 Å². The van der Waals surface area contributed by atoms with E-state index in [1.165, 1.54) is 9.13 Å². The molecule has 1 atom stereocenters. The number of amides is 1. The maximum Gasteiger partial charge on any atom is 0.330 e. The third-order valence-corrected chi connectivity index (χ3v) is 5.13. The fourth-order valence-electron chi connectivity index (χ4n) is 3.79. The van der Waals surface area contributed by atoms with Gasteiger partial charge in [0.2, 0.25) is 0 Å². The molecular formula is C18H22N4O4. The number of fused-ring (bicyclic) bond motifs is 1. The quantitative estimate of drug-likeness (QED) is 0.759. The molecule has 8 nitrogen and oxygen atoms in total. The molecule has 0 spiro atoms. The summed E-state index contributed by atoms with van der Waals surface area (Å²) in [5, 5.41) is 5.97. The number of hydrogen-bond donors (Lipinski definition) is 2. The summed E-state index contributed by atoms with van der Waals surface area (Å²) >= 11 is 0. The first-order chi connectivity index (χ1) is 12.6. The van der Waals surface area contributed by atoms with Crippen LogP contribution in [0.1, 0.15) is 25.3 Å². The van der Waals surface area contributed by atoms with Crippen LogP contribution >= 0.6 is 0 Å². The van der Waals surface area contributed by atoms with Gasteiger partial charge in [-0.25, -0.2) is 4.79 Å². The Morgan fingerprint density at radius 2 is 1.88 bits per heavy atom. The summed E-state index contributed by atoms with van der Waals surface area (Å²) in [7, 11) is 1.64. The van der Waals surface area contributed by atoms with Gasteiger partial charge in [0.25, 0.3) is 5.91 Å². The zero-order chi connectivity index (χ0) is 18.3. The number of rotatable bonds is 3. The summed E-state index contributed by atoms with van der Waals surface area (Å²) in [5.74, 6) is -0.0648. The predicted molar refractivity (Wildman–Crippen MR) is 95.4 cm³/mol. The molecular weight excluding hydrogens is 336 g/mol. The number of nitrogens with one attached hydrogen (secondary N) is 2. The van der Waals surface area contributed by atoms with Crippen LogP contribution in [0.5, 0.6) is 5.75 Å². The van der Waals surface area contributed by atoms with Crippen molar-refractivity contribution >= 4 is 22.7 Å². The van der Waals surface area contributed by atoms with E-state index in [1.54, 1.807) is 19.2 Å². The highest BCUT2D eigenvalue weighted by Crippen LogP contribution is 2.29. The van der Waals surface area contributed by atoms with Crippen molar-refractivity contribution < 1.29 is 14.3 Å². The van der Waals surface area contributed by atoms with Gasteiger partial charge in [0.05, 0.1) is 5.52 Å². The number of nitrogens with zero attached hydrogens (tertiary/aromatic N) is 2. The molecule has 3 heterocycles. The molecule has 0 aliphatic carbocycles. The van der Waals surface area contributed by atoms with E-state index in [4.69, 9.17) is 4.74 Å². The molecule has 1 unspecified atom stereocenters.